The van der Waals surface area contributed by atoms with Gasteiger partial charge in [-0.3, -0.25) is 4.79 Å². The second-order valence-electron chi connectivity index (χ2n) is 2.07. The summed E-state index contributed by atoms with van der Waals surface area (Å²) in [5, 5.41) is 10.0. The number of hydrogen-bond donors (Lipinski definition) is 0. The van der Waals surface area contributed by atoms with E-state index >= 15 is 0 Å². The molecule has 0 amide bonds. The van der Waals surface area contributed by atoms with E-state index in [2.05, 4.69) is 9.97 Å². The first kappa shape index (κ1) is 13.0. The van der Waals surface area contributed by atoms with Gasteiger partial charge in [-0.25, -0.2) is 9.97 Å². The Kier molecular flexibility index (Phi) is 6.49. The van der Waals surface area contributed by atoms with Crippen molar-refractivity contribution in [2.75, 3.05) is 0 Å². The molecular weight excluding hydrogens is 246 g/mol. The first-order valence-electron chi connectivity index (χ1n) is 3.19. The van der Waals surface area contributed by atoms with Gasteiger partial charge in [0, 0.05) is 12.2 Å². The third-order valence-electron chi connectivity index (χ3n) is 1.17. The van der Waals surface area contributed by atoms with Gasteiger partial charge < -0.3 is 9.90 Å². The van der Waals surface area contributed by atoms with Crippen molar-refractivity contribution in [2.45, 2.75) is 6.42 Å². The van der Waals surface area contributed by atoms with Crippen LogP contribution in [0.15, 0.2) is 18.6 Å². The van der Waals surface area contributed by atoms with E-state index in [-0.39, 0.29) is 63.9 Å². The number of aromatic nitrogens is 2. The van der Waals surface area contributed by atoms with Gasteiger partial charge in [0.05, 0.1) is 6.42 Å². The summed E-state index contributed by atoms with van der Waals surface area (Å²) in [6.07, 6.45) is 1.91. The van der Waals surface area contributed by atoms with Gasteiger partial charge >= 0.3 is 58.2 Å². The second-order valence-corrected chi connectivity index (χ2v) is 2.07. The molecule has 0 aliphatic carbocycles. The van der Waals surface area contributed by atoms with Crippen LogP contribution in [0.5, 0.6) is 0 Å². The predicted molar refractivity (Wildman–Crippen MR) is 36.0 cm³/mol. The first-order chi connectivity index (χ1) is 5.70. The van der Waals surface area contributed by atoms with Crippen LogP contribution >= 0.6 is 0 Å². The molecule has 1 aromatic rings. The molecule has 0 saturated carbocycles. The van der Waals surface area contributed by atoms with Gasteiger partial charge in [0.25, 0.3) is 0 Å². The summed E-state index contributed by atoms with van der Waals surface area (Å²) >= 11 is 0. The van der Waals surface area contributed by atoms with E-state index in [9.17, 15) is 14.7 Å². The molecule has 1 heterocycles. The molecule has 0 radical (unpaired) electrons. The number of nitrogens with zero attached hydrogens (tertiary/aromatic N) is 2. The molecule has 0 aliphatic rings. The van der Waals surface area contributed by atoms with E-state index in [1.165, 1.54) is 18.6 Å². The van der Waals surface area contributed by atoms with Crippen LogP contribution in [-0.4, -0.2) is 21.7 Å². The minimum Gasteiger partial charge on any atom is -0.550 e. The number of Topliss-reactive ketones (excluding diaryl/α,β-unsaturated/α-hetero) is 1. The Morgan fingerprint density at radius 3 is 2.62 bits per heavy atom. The normalized spacial score (nSPS) is 8.62. The van der Waals surface area contributed by atoms with Crippen molar-refractivity contribution >= 4 is 11.8 Å². The van der Waals surface area contributed by atoms with E-state index in [1.807, 2.05) is 0 Å². The predicted octanol–water partition coefficient (Wildman–Crippen LogP) is -4.20. The minimum atomic E-state index is -1.40. The van der Waals surface area contributed by atoms with Crippen LogP contribution in [-0.2, 0) is 4.79 Å². The summed E-state index contributed by atoms with van der Waals surface area (Å²) in [5.74, 6) is -1.98. The summed E-state index contributed by atoms with van der Waals surface area (Å²) < 4.78 is 0. The number of hydrogen-bond acceptors (Lipinski definition) is 5. The molecule has 13 heavy (non-hydrogen) atoms. The summed E-state index contributed by atoms with van der Waals surface area (Å²) in [6, 6.07) is 1.35. The maximum absolute atomic E-state index is 10.9. The Morgan fingerprint density at radius 1 is 1.46 bits per heavy atom. The average molecular weight is 251 g/mol. The standard InChI is InChI=1S/C7H6N2O3.Rb/c10-6(3-7(11)12)5-1-2-8-4-9-5;/h1-2,4H,3H2,(H,11,12);/q;+1/p-1. The number of aliphatic carboxylic acids is 1. The summed E-state index contributed by atoms with van der Waals surface area (Å²) in [4.78, 5) is 28.1. The molecule has 0 spiro atoms. The number of carbonyl (C=O) groups is 2. The Bertz CT molecular complexity index is 302. The first-order valence-corrected chi connectivity index (χ1v) is 3.19. The van der Waals surface area contributed by atoms with Gasteiger partial charge in [-0.15, -0.1) is 0 Å². The Hall–Kier alpha value is 0.0252. The van der Waals surface area contributed by atoms with Gasteiger partial charge in [-0.2, -0.15) is 0 Å². The van der Waals surface area contributed by atoms with Crippen molar-refractivity contribution in [1.29, 1.82) is 0 Å². The fraction of sp³-hybridized carbons (Fsp3) is 0.143. The molecule has 0 unspecified atom stereocenters. The molecule has 0 atom stereocenters. The molecule has 62 valence electrons. The Morgan fingerprint density at radius 2 is 2.15 bits per heavy atom. The Labute approximate surface area is 123 Å². The zero-order valence-electron chi connectivity index (χ0n) is 7.06. The summed E-state index contributed by atoms with van der Waals surface area (Å²) in [6.45, 7) is 0. The Balaban J connectivity index is 0.00000144. The second kappa shape index (κ2) is 6.47. The van der Waals surface area contributed by atoms with Crippen LogP contribution in [0, 0.1) is 0 Å². The zero-order chi connectivity index (χ0) is 8.97. The minimum absolute atomic E-state index is 0. The monoisotopic (exact) mass is 250 g/mol. The third-order valence-corrected chi connectivity index (χ3v) is 1.17. The average Bonchev–Trinajstić information content (AvgIpc) is 2.05. The van der Waals surface area contributed by atoms with E-state index < -0.39 is 18.2 Å². The molecule has 0 N–H and O–H groups in total. The van der Waals surface area contributed by atoms with Gasteiger partial charge in [0.15, 0.2) is 5.78 Å². The van der Waals surface area contributed by atoms with Gasteiger partial charge in [-0.05, 0) is 6.07 Å². The molecule has 5 nitrogen and oxygen atoms in total. The smallest absolute Gasteiger partial charge is 0.550 e. The van der Waals surface area contributed by atoms with Crippen LogP contribution in [0.4, 0.5) is 0 Å². The van der Waals surface area contributed by atoms with Crippen LogP contribution in [0.25, 0.3) is 0 Å². The quantitative estimate of drug-likeness (QED) is 0.401. The fourth-order valence-electron chi connectivity index (χ4n) is 0.677. The summed E-state index contributed by atoms with van der Waals surface area (Å²) in [7, 11) is 0. The van der Waals surface area contributed by atoms with Gasteiger partial charge in [0.2, 0.25) is 0 Å². The molecule has 0 saturated heterocycles. The molecule has 0 aromatic carbocycles. The van der Waals surface area contributed by atoms with Crippen molar-refractivity contribution < 1.29 is 72.9 Å². The van der Waals surface area contributed by atoms with Crippen molar-refractivity contribution in [3.8, 4) is 0 Å². The van der Waals surface area contributed by atoms with E-state index in [1.54, 1.807) is 0 Å². The number of carboxylic acid groups (broad SMARTS) is 1. The number of carbonyl (C=O) groups excluding carboxylic acids is 2. The molecule has 0 bridgehead atoms. The van der Waals surface area contributed by atoms with Gasteiger partial charge in [-0.1, -0.05) is 0 Å². The van der Waals surface area contributed by atoms with Crippen molar-refractivity contribution in [3.63, 3.8) is 0 Å². The van der Waals surface area contributed by atoms with Crippen molar-refractivity contribution in [3.05, 3.63) is 24.3 Å². The SMILES string of the molecule is O=C([O-])CC(=O)c1ccncn1.[Rb+]. The molecule has 1 aromatic heterocycles. The van der Waals surface area contributed by atoms with E-state index in [4.69, 9.17) is 0 Å². The van der Waals surface area contributed by atoms with Crippen molar-refractivity contribution in [2.24, 2.45) is 0 Å². The van der Waals surface area contributed by atoms with Crippen LogP contribution in [0.2, 0.25) is 0 Å². The molecular formula is C7H5N2O3Rb. The number of ketones is 1. The zero-order valence-corrected chi connectivity index (χ0v) is 12.0. The number of carboxylic acids is 1. The maximum atomic E-state index is 10.9. The third kappa shape index (κ3) is 4.71. The van der Waals surface area contributed by atoms with Crippen molar-refractivity contribution in [1.82, 2.24) is 9.97 Å². The molecule has 0 aliphatic heterocycles. The molecule has 6 heteroatoms. The maximum Gasteiger partial charge on any atom is 1.00 e. The van der Waals surface area contributed by atoms with E-state index in [0.717, 1.165) is 0 Å². The van der Waals surface area contributed by atoms with Crippen LogP contribution < -0.4 is 63.3 Å². The van der Waals surface area contributed by atoms with E-state index in [0.29, 0.717) is 0 Å². The van der Waals surface area contributed by atoms with Crippen LogP contribution in [0.3, 0.4) is 0 Å². The number of rotatable bonds is 3. The largest absolute Gasteiger partial charge is 1.00 e. The van der Waals surface area contributed by atoms with Gasteiger partial charge in [0.1, 0.15) is 12.0 Å². The fourth-order valence-corrected chi connectivity index (χ4v) is 0.677. The molecule has 1 rings (SSSR count). The van der Waals surface area contributed by atoms with Crippen LogP contribution in [0.1, 0.15) is 16.9 Å². The topological polar surface area (TPSA) is 83.0 Å². The molecule has 0 fully saturated rings. The summed E-state index contributed by atoms with van der Waals surface area (Å²) in [5.41, 5.74) is 0.0919.